The molecular weight excluding hydrogens is 397 g/mol. The quantitative estimate of drug-likeness (QED) is 0.583. The van der Waals surface area contributed by atoms with Crippen molar-refractivity contribution in [3.05, 3.63) is 70.6 Å². The molecule has 5 N–H and O–H groups in total. The zero-order chi connectivity index (χ0) is 17.9. The summed E-state index contributed by atoms with van der Waals surface area (Å²) in [6.07, 6.45) is 7.10. The molecule has 0 fully saturated rings. The molecule has 1 aromatic carbocycles. The predicted molar refractivity (Wildman–Crippen MR) is 117 cm³/mol. The fourth-order valence-electron chi connectivity index (χ4n) is 3.80. The minimum absolute atomic E-state index is 0. The second-order valence-corrected chi connectivity index (χ2v) is 6.80. The van der Waals surface area contributed by atoms with E-state index >= 15 is 0 Å². The van der Waals surface area contributed by atoms with Crippen LogP contribution < -0.4 is 21.9 Å². The fourth-order valence-corrected chi connectivity index (χ4v) is 3.80. The lowest BCUT2D eigenvalue weighted by molar-refractivity contribution is -0.124. The molecule has 2 atom stereocenters. The van der Waals surface area contributed by atoms with E-state index in [0.29, 0.717) is 19.5 Å². The molecule has 0 saturated heterocycles. The highest BCUT2D eigenvalue weighted by Crippen LogP contribution is 2.41. The van der Waals surface area contributed by atoms with Crippen LogP contribution in [0.1, 0.15) is 12.0 Å². The first-order valence-corrected chi connectivity index (χ1v) is 8.95. The zero-order valence-electron chi connectivity index (χ0n) is 15.4. The van der Waals surface area contributed by atoms with E-state index in [1.807, 2.05) is 30.5 Å². The van der Waals surface area contributed by atoms with Crippen LogP contribution in [0.4, 0.5) is 0 Å². The number of halogens is 2. The molecule has 1 unspecified atom stereocenters. The highest BCUT2D eigenvalue weighted by Gasteiger charge is 2.37. The van der Waals surface area contributed by atoms with Gasteiger partial charge in [-0.25, -0.2) is 0 Å². The SMILES string of the molecule is Cl.Cl.NC[C@H](Cc1ccccc1)NC(=O)C1CC2=CNNC3=CC=NCC1=C23. The Bertz CT molecular complexity index is 832. The maximum absolute atomic E-state index is 13.0. The lowest BCUT2D eigenvalue weighted by Crippen LogP contribution is -2.44. The van der Waals surface area contributed by atoms with Gasteiger partial charge >= 0.3 is 0 Å². The summed E-state index contributed by atoms with van der Waals surface area (Å²) in [4.78, 5) is 17.4. The highest BCUT2D eigenvalue weighted by molar-refractivity contribution is 5.87. The van der Waals surface area contributed by atoms with Gasteiger partial charge < -0.3 is 21.9 Å². The van der Waals surface area contributed by atoms with Crippen LogP contribution in [0.25, 0.3) is 0 Å². The zero-order valence-corrected chi connectivity index (χ0v) is 17.0. The second kappa shape index (κ2) is 9.78. The van der Waals surface area contributed by atoms with Crippen molar-refractivity contribution in [2.24, 2.45) is 16.6 Å². The number of carbonyl (C=O) groups excluding carboxylic acids is 1. The first kappa shape index (κ1) is 22.0. The predicted octanol–water partition coefficient (Wildman–Crippen LogP) is 1.79. The number of hydrazine groups is 1. The Morgan fingerprint density at radius 1 is 1.29 bits per heavy atom. The summed E-state index contributed by atoms with van der Waals surface area (Å²) in [5, 5.41) is 3.15. The molecule has 3 aliphatic rings. The average Bonchev–Trinajstić information content (AvgIpc) is 2.90. The van der Waals surface area contributed by atoms with E-state index in [1.165, 1.54) is 5.56 Å². The number of nitrogens with one attached hydrogen (secondary N) is 3. The van der Waals surface area contributed by atoms with Crippen LogP contribution in [0.5, 0.6) is 0 Å². The summed E-state index contributed by atoms with van der Waals surface area (Å²) in [6.45, 7) is 0.965. The molecule has 1 aromatic rings. The Balaban J connectivity index is 0.00000140. The number of rotatable bonds is 5. The molecule has 1 aliphatic carbocycles. The van der Waals surface area contributed by atoms with Crippen molar-refractivity contribution < 1.29 is 4.79 Å². The number of carbonyl (C=O) groups is 1. The van der Waals surface area contributed by atoms with E-state index in [0.717, 1.165) is 28.8 Å². The van der Waals surface area contributed by atoms with Gasteiger partial charge in [-0.2, -0.15) is 0 Å². The highest BCUT2D eigenvalue weighted by atomic mass is 35.5. The molecule has 4 rings (SSSR count). The second-order valence-electron chi connectivity index (χ2n) is 6.80. The number of nitrogens with zero attached hydrogens (tertiary/aromatic N) is 1. The fraction of sp³-hybridized carbons (Fsp3) is 0.300. The van der Waals surface area contributed by atoms with Crippen LogP contribution >= 0.6 is 24.8 Å². The summed E-state index contributed by atoms with van der Waals surface area (Å²) in [7, 11) is 0. The first-order valence-electron chi connectivity index (χ1n) is 8.95. The number of nitrogens with two attached hydrogens (primary N) is 1. The van der Waals surface area contributed by atoms with Crippen molar-refractivity contribution in [2.45, 2.75) is 18.9 Å². The van der Waals surface area contributed by atoms with Crippen LogP contribution in [-0.2, 0) is 11.2 Å². The number of aliphatic imine (C=N–C) groups is 1. The lowest BCUT2D eigenvalue weighted by Gasteiger charge is -2.21. The maximum Gasteiger partial charge on any atom is 0.227 e. The summed E-state index contributed by atoms with van der Waals surface area (Å²) in [5.41, 5.74) is 17.6. The van der Waals surface area contributed by atoms with Crippen molar-refractivity contribution in [1.29, 1.82) is 0 Å². The average molecular weight is 422 g/mol. The third-order valence-electron chi connectivity index (χ3n) is 5.09. The van der Waals surface area contributed by atoms with Gasteiger partial charge in [0.2, 0.25) is 5.91 Å². The van der Waals surface area contributed by atoms with E-state index in [1.54, 1.807) is 6.21 Å². The van der Waals surface area contributed by atoms with Crippen molar-refractivity contribution >= 4 is 36.9 Å². The number of hydrogen-bond acceptors (Lipinski definition) is 5. The molecule has 8 heteroatoms. The van der Waals surface area contributed by atoms with Gasteiger partial charge in [0, 0.05) is 30.6 Å². The summed E-state index contributed by atoms with van der Waals surface area (Å²) in [5.74, 6) is -0.160. The molecule has 2 aliphatic heterocycles. The molecule has 1 amide bonds. The molecule has 0 aromatic heterocycles. The number of amides is 1. The Morgan fingerprint density at radius 2 is 2.07 bits per heavy atom. The van der Waals surface area contributed by atoms with E-state index in [4.69, 9.17) is 5.73 Å². The Hall–Kier alpha value is -2.28. The minimum Gasteiger partial charge on any atom is -0.351 e. The molecule has 0 bridgehead atoms. The van der Waals surface area contributed by atoms with Crippen LogP contribution in [-0.4, -0.2) is 31.3 Å². The van der Waals surface area contributed by atoms with E-state index in [2.05, 4.69) is 33.3 Å². The third-order valence-corrected chi connectivity index (χ3v) is 5.09. The van der Waals surface area contributed by atoms with Crippen LogP contribution in [0, 0.1) is 5.92 Å². The normalized spacial score (nSPS) is 20.1. The monoisotopic (exact) mass is 421 g/mol. The van der Waals surface area contributed by atoms with Crippen LogP contribution in [0.15, 0.2) is 70.0 Å². The molecule has 150 valence electrons. The van der Waals surface area contributed by atoms with E-state index in [-0.39, 0.29) is 42.7 Å². The van der Waals surface area contributed by atoms with Gasteiger partial charge in [-0.3, -0.25) is 9.79 Å². The van der Waals surface area contributed by atoms with Crippen molar-refractivity contribution in [1.82, 2.24) is 16.2 Å². The molecular formula is C20H25Cl2N5O. The van der Waals surface area contributed by atoms with Crippen molar-refractivity contribution in [3.8, 4) is 0 Å². The van der Waals surface area contributed by atoms with Crippen molar-refractivity contribution in [2.75, 3.05) is 13.1 Å². The largest absolute Gasteiger partial charge is 0.351 e. The smallest absolute Gasteiger partial charge is 0.227 e. The lowest BCUT2D eigenvalue weighted by atomic mass is 9.98. The first-order chi connectivity index (χ1) is 12.8. The molecule has 0 spiro atoms. The topological polar surface area (TPSA) is 91.5 Å². The molecule has 0 radical (unpaired) electrons. The van der Waals surface area contributed by atoms with E-state index in [9.17, 15) is 4.79 Å². The molecule has 28 heavy (non-hydrogen) atoms. The number of hydrogen-bond donors (Lipinski definition) is 4. The Morgan fingerprint density at radius 3 is 2.82 bits per heavy atom. The van der Waals surface area contributed by atoms with Gasteiger partial charge in [-0.1, -0.05) is 30.3 Å². The maximum atomic E-state index is 13.0. The van der Waals surface area contributed by atoms with Gasteiger partial charge in [-0.05, 0) is 35.6 Å². The van der Waals surface area contributed by atoms with Gasteiger partial charge in [0.1, 0.15) is 0 Å². The number of allylic oxidation sites excluding steroid dienone is 2. The molecule has 2 heterocycles. The summed E-state index contributed by atoms with van der Waals surface area (Å²) < 4.78 is 0. The standard InChI is InChI=1S/C20H23N5O.2ClH/c21-10-15(8-13-4-2-1-3-5-13)24-20(26)16-9-14-11-23-25-18-6-7-22-12-17(16)19(14)18;;/h1-7,11,15-16,23,25H,8-10,12,21H2,(H,24,26);2*1H/t15-,16?;;/m0../s1. The van der Waals surface area contributed by atoms with Gasteiger partial charge in [0.25, 0.3) is 0 Å². The van der Waals surface area contributed by atoms with Gasteiger partial charge in [-0.15, -0.1) is 24.8 Å². The molecule has 0 saturated carbocycles. The number of benzene rings is 1. The summed E-state index contributed by atoms with van der Waals surface area (Å²) >= 11 is 0. The summed E-state index contributed by atoms with van der Waals surface area (Å²) in [6, 6.07) is 10.0. The van der Waals surface area contributed by atoms with Crippen molar-refractivity contribution in [3.63, 3.8) is 0 Å². The Kier molecular flexibility index (Phi) is 7.69. The third kappa shape index (κ3) is 4.41. The van der Waals surface area contributed by atoms with Crippen LogP contribution in [0.2, 0.25) is 0 Å². The van der Waals surface area contributed by atoms with E-state index < -0.39 is 0 Å². The van der Waals surface area contributed by atoms with Gasteiger partial charge in [0.05, 0.1) is 18.2 Å². The van der Waals surface area contributed by atoms with Crippen LogP contribution in [0.3, 0.4) is 0 Å². The van der Waals surface area contributed by atoms with Gasteiger partial charge in [0.15, 0.2) is 0 Å². The Labute approximate surface area is 177 Å². The minimum atomic E-state index is -0.193. The molecule has 6 nitrogen and oxygen atoms in total.